The van der Waals surface area contributed by atoms with E-state index >= 15 is 0 Å². The third-order valence-corrected chi connectivity index (χ3v) is 6.76. The first-order valence-electron chi connectivity index (χ1n) is 12.2. The molecule has 0 aliphatic heterocycles. The number of anilines is 1. The molecule has 0 amide bonds. The lowest BCUT2D eigenvalue weighted by molar-refractivity contribution is 0.588. The Morgan fingerprint density at radius 1 is 0.846 bits per heavy atom. The van der Waals surface area contributed by atoms with E-state index in [4.69, 9.17) is 21.6 Å². The molecule has 192 valence electrons. The number of aromatic amines is 1. The van der Waals surface area contributed by atoms with E-state index < -0.39 is 5.54 Å². The predicted molar refractivity (Wildman–Crippen MR) is 152 cm³/mol. The van der Waals surface area contributed by atoms with Crippen LogP contribution in [0.15, 0.2) is 90.0 Å². The SMILES string of the molecule is CC(C)(Nc1cc(=O)[nH]c2nc(-c3ccc(F)cc3)c(-c3cc(Cl)c4ncccc4c3)nc12)c1ccccn1. The van der Waals surface area contributed by atoms with E-state index in [1.54, 1.807) is 30.6 Å². The minimum atomic E-state index is -0.628. The highest BCUT2D eigenvalue weighted by molar-refractivity contribution is 6.35. The zero-order valence-corrected chi connectivity index (χ0v) is 21.8. The molecule has 2 aromatic carbocycles. The first-order chi connectivity index (χ1) is 18.8. The van der Waals surface area contributed by atoms with E-state index in [9.17, 15) is 9.18 Å². The summed E-state index contributed by atoms with van der Waals surface area (Å²) >= 11 is 6.63. The van der Waals surface area contributed by atoms with E-state index in [-0.39, 0.29) is 11.4 Å². The van der Waals surface area contributed by atoms with E-state index in [1.807, 2.05) is 50.2 Å². The van der Waals surface area contributed by atoms with E-state index in [0.717, 1.165) is 11.1 Å². The Morgan fingerprint density at radius 2 is 1.62 bits per heavy atom. The summed E-state index contributed by atoms with van der Waals surface area (Å²) in [5.74, 6) is -0.370. The average Bonchev–Trinajstić information content (AvgIpc) is 2.93. The topological polar surface area (TPSA) is 96.5 Å². The van der Waals surface area contributed by atoms with Crippen LogP contribution in [0.3, 0.4) is 0 Å². The monoisotopic (exact) mass is 536 g/mol. The number of benzene rings is 2. The number of aromatic nitrogens is 5. The molecule has 0 saturated heterocycles. The van der Waals surface area contributed by atoms with Gasteiger partial charge in [-0.1, -0.05) is 23.7 Å². The van der Waals surface area contributed by atoms with Crippen LogP contribution in [0, 0.1) is 5.82 Å². The molecule has 6 rings (SSSR count). The second kappa shape index (κ2) is 9.56. The standard InChI is InChI=1S/C30H22ClFN6O/c1-30(2,23-7-3-4-12-33-23)38-22-16-24(39)35-29-28(22)36-27(26(37-29)17-8-10-20(32)11-9-17)19-14-18-6-5-13-34-25(18)21(31)15-19/h3-16H,1-2H3,(H2,35,37,38,39). The van der Waals surface area contributed by atoms with Crippen molar-refractivity contribution >= 4 is 39.4 Å². The largest absolute Gasteiger partial charge is 0.372 e. The third kappa shape index (κ3) is 4.70. The van der Waals surface area contributed by atoms with Crippen LogP contribution in [0.4, 0.5) is 10.1 Å². The molecule has 9 heteroatoms. The summed E-state index contributed by atoms with van der Waals surface area (Å²) in [4.78, 5) is 34.2. The van der Waals surface area contributed by atoms with Gasteiger partial charge in [0.05, 0.1) is 38.8 Å². The summed E-state index contributed by atoms with van der Waals surface area (Å²) in [6, 6.07) is 20.6. The van der Waals surface area contributed by atoms with E-state index in [2.05, 4.69) is 20.3 Å². The first-order valence-corrected chi connectivity index (χ1v) is 12.6. The highest BCUT2D eigenvalue weighted by Gasteiger charge is 2.24. The molecular weight excluding hydrogens is 515 g/mol. The third-order valence-electron chi connectivity index (χ3n) is 6.47. The van der Waals surface area contributed by atoms with Crippen LogP contribution in [0.1, 0.15) is 19.5 Å². The van der Waals surface area contributed by atoms with E-state index in [1.165, 1.54) is 18.2 Å². The number of nitrogens with zero attached hydrogens (tertiary/aromatic N) is 4. The van der Waals surface area contributed by atoms with Gasteiger partial charge in [-0.05, 0) is 68.4 Å². The molecule has 0 bridgehead atoms. The van der Waals surface area contributed by atoms with Gasteiger partial charge in [0.1, 0.15) is 11.3 Å². The quantitative estimate of drug-likeness (QED) is 0.253. The minimum absolute atomic E-state index is 0.290. The summed E-state index contributed by atoms with van der Waals surface area (Å²) in [7, 11) is 0. The molecule has 0 unspecified atom stereocenters. The van der Waals surface area contributed by atoms with Crippen molar-refractivity contribution in [2.75, 3.05) is 5.32 Å². The van der Waals surface area contributed by atoms with Gasteiger partial charge in [-0.2, -0.15) is 0 Å². The molecule has 0 spiro atoms. The van der Waals surface area contributed by atoms with Crippen LogP contribution in [-0.2, 0) is 5.54 Å². The molecule has 0 saturated carbocycles. The van der Waals surface area contributed by atoms with Gasteiger partial charge < -0.3 is 10.3 Å². The molecule has 0 radical (unpaired) electrons. The second-order valence-corrected chi connectivity index (χ2v) is 10.1. The van der Waals surface area contributed by atoms with Crippen molar-refractivity contribution in [1.29, 1.82) is 0 Å². The Bertz CT molecular complexity index is 1910. The van der Waals surface area contributed by atoms with E-state index in [0.29, 0.717) is 49.9 Å². The summed E-state index contributed by atoms with van der Waals surface area (Å²) in [5.41, 5.74) is 4.08. The van der Waals surface area contributed by atoms with Crippen LogP contribution < -0.4 is 10.9 Å². The zero-order valence-electron chi connectivity index (χ0n) is 21.0. The molecule has 39 heavy (non-hydrogen) atoms. The van der Waals surface area contributed by atoms with Gasteiger partial charge in [0.15, 0.2) is 5.65 Å². The molecule has 0 aliphatic carbocycles. The maximum atomic E-state index is 13.8. The Morgan fingerprint density at radius 3 is 2.38 bits per heavy atom. The predicted octanol–water partition coefficient (Wildman–Crippen LogP) is 6.74. The van der Waals surface area contributed by atoms with Crippen molar-refractivity contribution in [1.82, 2.24) is 24.9 Å². The molecule has 0 fully saturated rings. The zero-order chi connectivity index (χ0) is 27.1. The van der Waals surface area contributed by atoms with Crippen LogP contribution in [0.25, 0.3) is 44.6 Å². The lowest BCUT2D eigenvalue weighted by Crippen LogP contribution is -2.30. The molecule has 0 aliphatic rings. The number of fused-ring (bicyclic) bond motifs is 2. The maximum Gasteiger partial charge on any atom is 0.251 e. The van der Waals surface area contributed by atoms with Crippen molar-refractivity contribution in [3.05, 3.63) is 112 Å². The number of nitrogens with one attached hydrogen (secondary N) is 2. The fourth-order valence-corrected chi connectivity index (χ4v) is 4.86. The average molecular weight is 537 g/mol. The minimum Gasteiger partial charge on any atom is -0.372 e. The summed E-state index contributed by atoms with van der Waals surface area (Å²) in [6.07, 6.45) is 3.41. The number of rotatable bonds is 5. The van der Waals surface area contributed by atoms with Gasteiger partial charge in [0.2, 0.25) is 0 Å². The van der Waals surface area contributed by atoms with Crippen molar-refractivity contribution in [3.8, 4) is 22.5 Å². The van der Waals surface area contributed by atoms with Crippen LogP contribution in [0.2, 0.25) is 5.02 Å². The smallest absolute Gasteiger partial charge is 0.251 e. The number of pyridine rings is 3. The first kappa shape index (κ1) is 24.6. The van der Waals surface area contributed by atoms with Crippen LogP contribution in [0.5, 0.6) is 0 Å². The molecule has 4 aromatic heterocycles. The van der Waals surface area contributed by atoms with Crippen LogP contribution in [-0.4, -0.2) is 24.9 Å². The number of hydrogen-bond donors (Lipinski definition) is 2. The maximum absolute atomic E-state index is 13.8. The summed E-state index contributed by atoms with van der Waals surface area (Å²) in [6.45, 7) is 3.94. The number of hydrogen-bond acceptors (Lipinski definition) is 6. The Hall–Kier alpha value is -4.69. The number of H-pyrrole nitrogens is 1. The van der Waals surface area contributed by atoms with Gasteiger partial charge in [-0.15, -0.1) is 0 Å². The lowest BCUT2D eigenvalue weighted by atomic mass is 9.99. The van der Waals surface area contributed by atoms with Gasteiger partial charge >= 0.3 is 0 Å². The molecule has 0 atom stereocenters. The van der Waals surface area contributed by atoms with Gasteiger partial charge in [-0.3, -0.25) is 14.8 Å². The normalized spacial score (nSPS) is 11.7. The Balaban J connectivity index is 1.61. The molecular formula is C30H22ClFN6O. The molecule has 7 nitrogen and oxygen atoms in total. The van der Waals surface area contributed by atoms with Crippen molar-refractivity contribution in [3.63, 3.8) is 0 Å². The Kier molecular flexibility index (Phi) is 6.04. The van der Waals surface area contributed by atoms with Gasteiger partial charge in [0.25, 0.3) is 5.56 Å². The second-order valence-electron chi connectivity index (χ2n) is 9.67. The summed E-state index contributed by atoms with van der Waals surface area (Å²) < 4.78 is 13.8. The van der Waals surface area contributed by atoms with Crippen molar-refractivity contribution in [2.24, 2.45) is 0 Å². The number of halogens is 2. The Labute approximate surface area is 227 Å². The molecule has 4 heterocycles. The van der Waals surface area contributed by atoms with Crippen molar-refractivity contribution in [2.45, 2.75) is 19.4 Å². The lowest BCUT2D eigenvalue weighted by Gasteiger charge is -2.27. The van der Waals surface area contributed by atoms with Crippen molar-refractivity contribution < 1.29 is 4.39 Å². The van der Waals surface area contributed by atoms with Gasteiger partial charge in [-0.25, -0.2) is 14.4 Å². The van der Waals surface area contributed by atoms with Gasteiger partial charge in [0, 0.05) is 35.0 Å². The summed E-state index contributed by atoms with van der Waals surface area (Å²) in [5, 5.41) is 4.73. The molecule has 2 N–H and O–H groups in total. The van der Waals surface area contributed by atoms with Crippen LogP contribution >= 0.6 is 11.6 Å². The highest BCUT2D eigenvalue weighted by atomic mass is 35.5. The highest BCUT2D eigenvalue weighted by Crippen LogP contribution is 2.36. The fourth-order valence-electron chi connectivity index (χ4n) is 4.59. The molecule has 6 aromatic rings. The fraction of sp³-hybridized carbons (Fsp3) is 0.100.